The number of anilines is 1. The Morgan fingerprint density at radius 3 is 2.90 bits per heavy atom. The van der Waals surface area contributed by atoms with Crippen LogP contribution in [0.5, 0.6) is 0 Å². The van der Waals surface area contributed by atoms with Crippen molar-refractivity contribution in [2.75, 3.05) is 16.8 Å². The molecule has 0 bridgehead atoms. The van der Waals surface area contributed by atoms with E-state index in [0.717, 1.165) is 15.7 Å². The molecule has 1 aromatic heterocycles. The molecule has 0 radical (unpaired) electrons. The summed E-state index contributed by atoms with van der Waals surface area (Å²) >= 11 is 3.49. The minimum atomic E-state index is -2.88. The standard InChI is InChI=1S/C14H16BrN3O2S/c15-13-3-1-2-4-14(13)16-7-11-8-17-18(9-11)12-5-6-21(19,20)10-12/h1-4,8-9,12,16H,5-7,10H2/t12-/m1/s1. The number of aromatic nitrogens is 2. The molecule has 5 nitrogen and oxygen atoms in total. The summed E-state index contributed by atoms with van der Waals surface area (Å²) in [7, 11) is -2.88. The predicted octanol–water partition coefficient (Wildman–Crippen LogP) is 2.62. The topological polar surface area (TPSA) is 64.0 Å². The van der Waals surface area contributed by atoms with Gasteiger partial charge in [-0.1, -0.05) is 12.1 Å². The van der Waals surface area contributed by atoms with E-state index >= 15 is 0 Å². The van der Waals surface area contributed by atoms with Crippen LogP contribution in [0.3, 0.4) is 0 Å². The van der Waals surface area contributed by atoms with E-state index in [1.54, 1.807) is 10.9 Å². The highest BCUT2D eigenvalue weighted by Crippen LogP contribution is 2.24. The lowest BCUT2D eigenvalue weighted by molar-refractivity contribution is 0.499. The van der Waals surface area contributed by atoms with Crippen molar-refractivity contribution in [1.29, 1.82) is 0 Å². The van der Waals surface area contributed by atoms with E-state index < -0.39 is 9.84 Å². The van der Waals surface area contributed by atoms with Gasteiger partial charge < -0.3 is 5.32 Å². The molecule has 0 saturated carbocycles. The second kappa shape index (κ2) is 5.81. The molecule has 3 rings (SSSR count). The zero-order valence-corrected chi connectivity index (χ0v) is 13.8. The number of hydrogen-bond donors (Lipinski definition) is 1. The average Bonchev–Trinajstić information content (AvgIpc) is 3.04. The van der Waals surface area contributed by atoms with E-state index in [9.17, 15) is 8.42 Å². The lowest BCUT2D eigenvalue weighted by atomic mass is 10.2. The number of halogens is 1. The highest BCUT2D eigenvalue weighted by Gasteiger charge is 2.29. The molecule has 1 aliphatic rings. The number of benzene rings is 1. The Morgan fingerprint density at radius 1 is 1.38 bits per heavy atom. The summed E-state index contributed by atoms with van der Waals surface area (Å²) < 4.78 is 25.8. The SMILES string of the molecule is O=S1(=O)CC[C@@H](n2cc(CNc3ccccc3Br)cn2)C1. The smallest absolute Gasteiger partial charge is 0.152 e. The maximum Gasteiger partial charge on any atom is 0.152 e. The van der Waals surface area contributed by atoms with Gasteiger partial charge in [0.05, 0.1) is 23.7 Å². The summed E-state index contributed by atoms with van der Waals surface area (Å²) in [4.78, 5) is 0. The quantitative estimate of drug-likeness (QED) is 0.899. The van der Waals surface area contributed by atoms with Crippen molar-refractivity contribution in [3.8, 4) is 0 Å². The van der Waals surface area contributed by atoms with Gasteiger partial charge in [-0.05, 0) is 34.5 Å². The van der Waals surface area contributed by atoms with Gasteiger partial charge in [0.15, 0.2) is 9.84 Å². The molecule has 0 aliphatic carbocycles. The molecular formula is C14H16BrN3O2S. The summed E-state index contributed by atoms with van der Waals surface area (Å²) in [5.41, 5.74) is 2.06. The van der Waals surface area contributed by atoms with Gasteiger partial charge in [-0.25, -0.2) is 8.42 Å². The molecule has 1 saturated heterocycles. The van der Waals surface area contributed by atoms with Gasteiger partial charge in [-0.2, -0.15) is 5.10 Å². The van der Waals surface area contributed by atoms with E-state index in [1.165, 1.54) is 0 Å². The molecule has 1 N–H and O–H groups in total. The van der Waals surface area contributed by atoms with Crippen LogP contribution >= 0.6 is 15.9 Å². The molecule has 112 valence electrons. The fraction of sp³-hybridized carbons (Fsp3) is 0.357. The van der Waals surface area contributed by atoms with Crippen molar-refractivity contribution >= 4 is 31.5 Å². The summed E-state index contributed by atoms with van der Waals surface area (Å²) in [5.74, 6) is 0.466. The van der Waals surface area contributed by atoms with Crippen LogP contribution in [-0.2, 0) is 16.4 Å². The first kappa shape index (κ1) is 14.6. The third-order valence-corrected chi connectivity index (χ3v) is 6.04. The van der Waals surface area contributed by atoms with Crippen molar-refractivity contribution in [2.24, 2.45) is 0 Å². The summed E-state index contributed by atoms with van der Waals surface area (Å²) in [5, 5.41) is 7.63. The second-order valence-electron chi connectivity index (χ2n) is 5.22. The Bertz CT molecular complexity index is 742. The Morgan fingerprint density at radius 2 is 2.19 bits per heavy atom. The van der Waals surface area contributed by atoms with Gasteiger partial charge >= 0.3 is 0 Å². The zero-order chi connectivity index (χ0) is 14.9. The number of para-hydroxylation sites is 1. The first-order valence-corrected chi connectivity index (χ1v) is 9.37. The molecule has 1 aliphatic heterocycles. The molecule has 2 aromatic rings. The molecule has 1 fully saturated rings. The fourth-order valence-electron chi connectivity index (χ4n) is 2.45. The van der Waals surface area contributed by atoms with Gasteiger partial charge in [0, 0.05) is 28.5 Å². The molecule has 0 amide bonds. The molecule has 21 heavy (non-hydrogen) atoms. The van der Waals surface area contributed by atoms with Crippen molar-refractivity contribution in [3.63, 3.8) is 0 Å². The van der Waals surface area contributed by atoms with E-state index in [1.807, 2.05) is 30.5 Å². The lowest BCUT2D eigenvalue weighted by Crippen LogP contribution is -2.11. The van der Waals surface area contributed by atoms with Gasteiger partial charge in [-0.15, -0.1) is 0 Å². The minimum Gasteiger partial charge on any atom is -0.380 e. The van der Waals surface area contributed by atoms with E-state index in [0.29, 0.717) is 13.0 Å². The van der Waals surface area contributed by atoms with Gasteiger partial charge in [0.2, 0.25) is 0 Å². The van der Waals surface area contributed by atoms with Crippen LogP contribution < -0.4 is 5.32 Å². The second-order valence-corrected chi connectivity index (χ2v) is 8.30. The fourth-order valence-corrected chi connectivity index (χ4v) is 4.58. The summed E-state index contributed by atoms with van der Waals surface area (Å²) in [6, 6.07) is 7.90. The predicted molar refractivity (Wildman–Crippen MR) is 86.0 cm³/mol. The molecule has 7 heteroatoms. The van der Waals surface area contributed by atoms with Gasteiger partial charge in [0.1, 0.15) is 0 Å². The first-order chi connectivity index (χ1) is 10.0. The van der Waals surface area contributed by atoms with Crippen molar-refractivity contribution < 1.29 is 8.42 Å². The third kappa shape index (κ3) is 3.47. The molecule has 1 atom stereocenters. The summed E-state index contributed by atoms with van der Waals surface area (Å²) in [6.45, 7) is 0.655. The average molecular weight is 370 g/mol. The van der Waals surface area contributed by atoms with Crippen LogP contribution in [0.1, 0.15) is 18.0 Å². The van der Waals surface area contributed by atoms with Crippen LogP contribution in [0.15, 0.2) is 41.1 Å². The summed E-state index contributed by atoms with van der Waals surface area (Å²) in [6.07, 6.45) is 4.37. The maximum atomic E-state index is 11.5. The largest absolute Gasteiger partial charge is 0.380 e. The monoisotopic (exact) mass is 369 g/mol. The van der Waals surface area contributed by atoms with E-state index in [4.69, 9.17) is 0 Å². The van der Waals surface area contributed by atoms with Crippen LogP contribution in [0, 0.1) is 0 Å². The van der Waals surface area contributed by atoms with Crippen molar-refractivity contribution in [2.45, 2.75) is 19.0 Å². The number of sulfone groups is 1. The Balaban J connectivity index is 1.65. The minimum absolute atomic E-state index is 0.0211. The van der Waals surface area contributed by atoms with Crippen molar-refractivity contribution in [1.82, 2.24) is 9.78 Å². The third-order valence-electron chi connectivity index (χ3n) is 3.59. The molecule has 0 unspecified atom stereocenters. The van der Waals surface area contributed by atoms with Gasteiger partial charge in [0.25, 0.3) is 0 Å². The number of hydrogen-bond acceptors (Lipinski definition) is 4. The number of nitrogens with one attached hydrogen (secondary N) is 1. The highest BCUT2D eigenvalue weighted by atomic mass is 79.9. The van der Waals surface area contributed by atoms with Crippen LogP contribution in [0.25, 0.3) is 0 Å². The van der Waals surface area contributed by atoms with Crippen LogP contribution in [0.2, 0.25) is 0 Å². The van der Waals surface area contributed by atoms with Gasteiger partial charge in [-0.3, -0.25) is 4.68 Å². The Hall–Kier alpha value is -1.34. The lowest BCUT2D eigenvalue weighted by Gasteiger charge is -2.08. The molecule has 2 heterocycles. The van der Waals surface area contributed by atoms with E-state index in [-0.39, 0.29) is 17.5 Å². The molecule has 1 aromatic carbocycles. The zero-order valence-electron chi connectivity index (χ0n) is 11.4. The Kier molecular flexibility index (Phi) is 4.03. The first-order valence-electron chi connectivity index (χ1n) is 6.75. The Labute approximate surface area is 132 Å². The molecule has 0 spiro atoms. The van der Waals surface area contributed by atoms with Crippen molar-refractivity contribution in [3.05, 3.63) is 46.7 Å². The number of rotatable bonds is 4. The highest BCUT2D eigenvalue weighted by molar-refractivity contribution is 9.10. The normalized spacial score (nSPS) is 20.5. The maximum absolute atomic E-state index is 11.5. The van der Waals surface area contributed by atoms with E-state index in [2.05, 4.69) is 26.3 Å². The molecular weight excluding hydrogens is 354 g/mol. The number of nitrogens with zero attached hydrogens (tertiary/aromatic N) is 2. The van der Waals surface area contributed by atoms with Crippen LogP contribution in [0.4, 0.5) is 5.69 Å². The van der Waals surface area contributed by atoms with Crippen LogP contribution in [-0.4, -0.2) is 29.7 Å².